The Kier molecular flexibility index (Phi) is 7.37. The fourth-order valence-electron chi connectivity index (χ4n) is 6.74. The molecular formula is C27H44O3. The highest BCUT2D eigenvalue weighted by atomic mass is 16.3. The number of aliphatic hydroxyl groups is 3. The van der Waals surface area contributed by atoms with Gasteiger partial charge in [0.05, 0.1) is 17.8 Å². The van der Waals surface area contributed by atoms with Crippen molar-refractivity contribution in [2.24, 2.45) is 23.2 Å². The maximum Gasteiger partial charge on any atom is 0.0811 e. The van der Waals surface area contributed by atoms with Gasteiger partial charge in [0.2, 0.25) is 0 Å². The third kappa shape index (κ3) is 5.29. The van der Waals surface area contributed by atoms with Gasteiger partial charge in [-0.3, -0.25) is 0 Å². The third-order valence-corrected chi connectivity index (χ3v) is 8.44. The summed E-state index contributed by atoms with van der Waals surface area (Å²) in [5.41, 5.74) is 3.17. The lowest BCUT2D eigenvalue weighted by Gasteiger charge is -2.44. The Hall–Kier alpha value is -0.900. The van der Waals surface area contributed by atoms with Crippen LogP contribution in [0, 0.1) is 23.2 Å². The van der Waals surface area contributed by atoms with Crippen molar-refractivity contribution in [1.29, 1.82) is 0 Å². The van der Waals surface area contributed by atoms with Crippen LogP contribution in [0.5, 0.6) is 0 Å². The molecule has 3 aliphatic carbocycles. The monoisotopic (exact) mass is 416 g/mol. The predicted molar refractivity (Wildman–Crippen MR) is 124 cm³/mol. The van der Waals surface area contributed by atoms with E-state index >= 15 is 0 Å². The average molecular weight is 417 g/mol. The topological polar surface area (TPSA) is 60.7 Å². The van der Waals surface area contributed by atoms with Crippen LogP contribution in [0.2, 0.25) is 0 Å². The fraction of sp³-hybridized carbons (Fsp3) is 0.778. The Morgan fingerprint density at radius 3 is 2.67 bits per heavy atom. The molecule has 0 bridgehead atoms. The number of aliphatic hydroxyl groups excluding tert-OH is 2. The Morgan fingerprint density at radius 1 is 1.23 bits per heavy atom. The molecule has 6 atom stereocenters. The SMILES string of the molecule is C=C1/C(=C\C=C2/CCC[C@@]3(C)C2CC[C@@H]3[C@H](C)CCCC(C)(C)O)C[C@@H](O)C[C@H]1O. The van der Waals surface area contributed by atoms with E-state index in [2.05, 4.69) is 32.6 Å². The van der Waals surface area contributed by atoms with Gasteiger partial charge in [0.15, 0.2) is 0 Å². The van der Waals surface area contributed by atoms with E-state index in [4.69, 9.17) is 0 Å². The lowest BCUT2D eigenvalue weighted by atomic mass is 9.60. The molecule has 0 amide bonds. The molecule has 170 valence electrons. The van der Waals surface area contributed by atoms with Crippen molar-refractivity contribution in [3.63, 3.8) is 0 Å². The Labute approximate surface area is 184 Å². The van der Waals surface area contributed by atoms with Crippen molar-refractivity contribution in [2.75, 3.05) is 0 Å². The first-order chi connectivity index (χ1) is 14.0. The van der Waals surface area contributed by atoms with Gasteiger partial charge in [0.1, 0.15) is 0 Å². The standard InChI is InChI=1S/C27H44O3/c1-18(8-6-14-26(3,4)30)23-12-13-24-20(9-7-15-27(23,24)5)10-11-21-16-22(28)17-25(29)19(21)2/h10-11,18,22-25,28-30H,2,6-9,12-17H2,1,3-5H3/b20-10+,21-11-/t18-,22-,23-,24?,25-,27-/m1/s1. The van der Waals surface area contributed by atoms with Crippen LogP contribution < -0.4 is 0 Å². The molecule has 0 saturated heterocycles. The highest BCUT2D eigenvalue weighted by Crippen LogP contribution is 2.60. The predicted octanol–water partition coefficient (Wildman–Crippen LogP) is 5.70. The molecule has 3 fully saturated rings. The molecule has 30 heavy (non-hydrogen) atoms. The molecule has 3 saturated carbocycles. The van der Waals surface area contributed by atoms with Crippen LogP contribution in [0.3, 0.4) is 0 Å². The van der Waals surface area contributed by atoms with Gasteiger partial charge in [-0.2, -0.15) is 0 Å². The Bertz CT molecular complexity index is 683. The average Bonchev–Trinajstić information content (AvgIpc) is 3.00. The molecule has 3 aliphatic rings. The largest absolute Gasteiger partial charge is 0.393 e. The summed E-state index contributed by atoms with van der Waals surface area (Å²) in [6.07, 6.45) is 13.9. The maximum atomic E-state index is 10.1. The molecule has 0 heterocycles. The fourth-order valence-corrected chi connectivity index (χ4v) is 6.74. The van der Waals surface area contributed by atoms with Crippen LogP contribution >= 0.6 is 0 Å². The summed E-state index contributed by atoms with van der Waals surface area (Å²) >= 11 is 0. The van der Waals surface area contributed by atoms with Crippen molar-refractivity contribution in [1.82, 2.24) is 0 Å². The van der Waals surface area contributed by atoms with Gasteiger partial charge in [0, 0.05) is 6.42 Å². The van der Waals surface area contributed by atoms with E-state index in [0.717, 1.165) is 29.9 Å². The zero-order chi connectivity index (χ0) is 22.1. The lowest BCUT2D eigenvalue weighted by molar-refractivity contribution is 0.0596. The van der Waals surface area contributed by atoms with Gasteiger partial charge < -0.3 is 15.3 Å². The third-order valence-electron chi connectivity index (χ3n) is 8.44. The van der Waals surface area contributed by atoms with E-state index in [1.165, 1.54) is 38.5 Å². The number of fused-ring (bicyclic) bond motifs is 1. The van der Waals surface area contributed by atoms with Gasteiger partial charge in [-0.25, -0.2) is 0 Å². The summed E-state index contributed by atoms with van der Waals surface area (Å²) < 4.78 is 0. The second-order valence-corrected chi connectivity index (χ2v) is 11.3. The van der Waals surface area contributed by atoms with Gasteiger partial charge in [-0.05, 0) is 93.1 Å². The quantitative estimate of drug-likeness (QED) is 0.520. The molecule has 0 aromatic rings. The summed E-state index contributed by atoms with van der Waals surface area (Å²) in [4.78, 5) is 0. The summed E-state index contributed by atoms with van der Waals surface area (Å²) in [6.45, 7) is 12.8. The van der Waals surface area contributed by atoms with Crippen molar-refractivity contribution < 1.29 is 15.3 Å². The number of hydrogen-bond donors (Lipinski definition) is 3. The molecule has 0 aliphatic heterocycles. The summed E-state index contributed by atoms with van der Waals surface area (Å²) in [6, 6.07) is 0. The van der Waals surface area contributed by atoms with Crippen LogP contribution in [0.1, 0.15) is 91.9 Å². The first-order valence-electron chi connectivity index (χ1n) is 12.2. The molecule has 0 aromatic heterocycles. The second-order valence-electron chi connectivity index (χ2n) is 11.3. The number of allylic oxidation sites excluding steroid dienone is 3. The normalized spacial score (nSPS) is 38.8. The molecule has 3 rings (SSSR count). The van der Waals surface area contributed by atoms with Gasteiger partial charge in [-0.15, -0.1) is 0 Å². The van der Waals surface area contributed by atoms with Crippen LogP contribution in [-0.2, 0) is 0 Å². The first kappa shape index (κ1) is 23.8. The molecule has 3 heteroatoms. The Balaban J connectivity index is 1.70. The molecular weight excluding hydrogens is 372 g/mol. The summed E-state index contributed by atoms with van der Waals surface area (Å²) in [5.74, 6) is 2.11. The van der Waals surface area contributed by atoms with Crippen LogP contribution in [0.15, 0.2) is 35.5 Å². The van der Waals surface area contributed by atoms with Gasteiger partial charge in [0.25, 0.3) is 0 Å². The second kappa shape index (κ2) is 9.30. The van der Waals surface area contributed by atoms with E-state index < -0.39 is 17.8 Å². The maximum absolute atomic E-state index is 10.1. The minimum absolute atomic E-state index is 0.374. The van der Waals surface area contributed by atoms with Crippen molar-refractivity contribution >= 4 is 0 Å². The van der Waals surface area contributed by atoms with Crippen LogP contribution in [0.4, 0.5) is 0 Å². The molecule has 0 radical (unpaired) electrons. The highest BCUT2D eigenvalue weighted by Gasteiger charge is 2.50. The molecule has 0 spiro atoms. The number of hydrogen-bond acceptors (Lipinski definition) is 3. The molecule has 3 N–H and O–H groups in total. The molecule has 3 nitrogen and oxygen atoms in total. The van der Waals surface area contributed by atoms with E-state index in [1.807, 2.05) is 13.8 Å². The minimum Gasteiger partial charge on any atom is -0.393 e. The zero-order valence-electron chi connectivity index (χ0n) is 19.7. The van der Waals surface area contributed by atoms with E-state index in [9.17, 15) is 15.3 Å². The van der Waals surface area contributed by atoms with Crippen molar-refractivity contribution in [3.05, 3.63) is 35.5 Å². The minimum atomic E-state index is -0.615. The lowest BCUT2D eigenvalue weighted by Crippen LogP contribution is -2.36. The summed E-state index contributed by atoms with van der Waals surface area (Å²) in [5, 5.41) is 30.2. The van der Waals surface area contributed by atoms with Gasteiger partial charge >= 0.3 is 0 Å². The molecule has 1 unspecified atom stereocenters. The van der Waals surface area contributed by atoms with Crippen molar-refractivity contribution in [3.8, 4) is 0 Å². The zero-order valence-corrected chi connectivity index (χ0v) is 19.7. The number of rotatable bonds is 6. The van der Waals surface area contributed by atoms with Crippen LogP contribution in [0.25, 0.3) is 0 Å². The molecule has 0 aromatic carbocycles. The summed E-state index contributed by atoms with van der Waals surface area (Å²) in [7, 11) is 0. The van der Waals surface area contributed by atoms with Crippen LogP contribution in [-0.4, -0.2) is 33.1 Å². The Morgan fingerprint density at radius 2 is 1.97 bits per heavy atom. The first-order valence-corrected chi connectivity index (χ1v) is 12.2. The highest BCUT2D eigenvalue weighted by molar-refractivity contribution is 5.38. The smallest absolute Gasteiger partial charge is 0.0811 e. The van der Waals surface area contributed by atoms with Crippen molar-refractivity contribution in [2.45, 2.75) is 110 Å². The van der Waals surface area contributed by atoms with E-state index in [-0.39, 0.29) is 0 Å². The van der Waals surface area contributed by atoms with E-state index in [1.54, 1.807) is 5.57 Å². The van der Waals surface area contributed by atoms with Gasteiger partial charge in [-0.1, -0.05) is 51.0 Å². The van der Waals surface area contributed by atoms with E-state index in [0.29, 0.717) is 30.1 Å².